The molecule has 1 atom stereocenters. The number of hydrogen-bond donors (Lipinski definition) is 1. The molecule has 0 saturated carbocycles. The fourth-order valence-corrected chi connectivity index (χ4v) is 3.30. The number of aryl methyl sites for hydroxylation is 1. The molecule has 3 rings (SSSR count). The van der Waals surface area contributed by atoms with Gasteiger partial charge in [-0.1, -0.05) is 11.6 Å². The molecule has 1 aliphatic heterocycles. The van der Waals surface area contributed by atoms with Crippen LogP contribution in [0.15, 0.2) is 17.5 Å². The Morgan fingerprint density at radius 2 is 2.26 bits per heavy atom. The zero-order valence-corrected chi connectivity index (χ0v) is 12.1. The number of aromatic nitrogens is 1. The third-order valence-electron chi connectivity index (χ3n) is 2.96. The summed E-state index contributed by atoms with van der Waals surface area (Å²) in [6.45, 7) is 2.21. The van der Waals surface area contributed by atoms with Crippen molar-refractivity contribution in [2.24, 2.45) is 0 Å². The van der Waals surface area contributed by atoms with E-state index in [9.17, 15) is 0 Å². The summed E-state index contributed by atoms with van der Waals surface area (Å²) < 4.78 is 10.7. The van der Waals surface area contributed by atoms with Gasteiger partial charge in [0.15, 0.2) is 11.5 Å². The van der Waals surface area contributed by atoms with Crippen molar-refractivity contribution in [3.63, 3.8) is 0 Å². The lowest BCUT2D eigenvalue weighted by Crippen LogP contribution is -2.17. The van der Waals surface area contributed by atoms with Crippen LogP contribution in [0.25, 0.3) is 0 Å². The lowest BCUT2D eigenvalue weighted by molar-refractivity contribution is 0.174. The molecule has 0 aliphatic carbocycles. The Kier molecular flexibility index (Phi) is 3.35. The predicted octanol–water partition coefficient (Wildman–Crippen LogP) is 3.14. The van der Waals surface area contributed by atoms with Crippen LogP contribution in [0.4, 0.5) is 0 Å². The molecule has 0 radical (unpaired) electrons. The van der Waals surface area contributed by atoms with Gasteiger partial charge in [0, 0.05) is 11.1 Å². The second-order valence-electron chi connectivity index (χ2n) is 4.29. The molecule has 1 aliphatic rings. The molecule has 1 N–H and O–H groups in total. The van der Waals surface area contributed by atoms with Crippen molar-refractivity contribution in [1.29, 1.82) is 0 Å². The van der Waals surface area contributed by atoms with Gasteiger partial charge in [0.2, 0.25) is 6.79 Å². The standard InChI is InChI=1S/C13H13ClN2O2S/c1-7-5-19-13(16-7)11(15-2)8-3-9(14)12-10(4-8)17-6-18-12/h3-5,11,15H,6H2,1-2H3. The van der Waals surface area contributed by atoms with Gasteiger partial charge >= 0.3 is 0 Å². The van der Waals surface area contributed by atoms with Crippen LogP contribution in [0.2, 0.25) is 5.02 Å². The van der Waals surface area contributed by atoms with Gasteiger partial charge < -0.3 is 14.8 Å². The maximum absolute atomic E-state index is 6.22. The number of halogens is 1. The molecule has 0 fully saturated rings. The molecule has 0 bridgehead atoms. The predicted molar refractivity (Wildman–Crippen MR) is 75.3 cm³/mol. The van der Waals surface area contributed by atoms with Gasteiger partial charge in [-0.3, -0.25) is 0 Å². The maximum atomic E-state index is 6.22. The minimum atomic E-state index is 0.00528. The molecule has 0 amide bonds. The summed E-state index contributed by atoms with van der Waals surface area (Å²) in [7, 11) is 1.90. The molecule has 2 heterocycles. The average Bonchev–Trinajstić information content (AvgIpc) is 2.99. The lowest BCUT2D eigenvalue weighted by atomic mass is 10.1. The highest BCUT2D eigenvalue weighted by atomic mass is 35.5. The number of rotatable bonds is 3. The summed E-state index contributed by atoms with van der Waals surface area (Å²) >= 11 is 7.85. The van der Waals surface area contributed by atoms with E-state index >= 15 is 0 Å². The molecule has 2 aromatic rings. The van der Waals surface area contributed by atoms with E-state index in [-0.39, 0.29) is 12.8 Å². The third kappa shape index (κ3) is 2.29. The Bertz CT molecular complexity index is 615. The van der Waals surface area contributed by atoms with Crippen LogP contribution in [0.5, 0.6) is 11.5 Å². The molecule has 19 heavy (non-hydrogen) atoms. The molecule has 4 nitrogen and oxygen atoms in total. The number of fused-ring (bicyclic) bond motifs is 1. The second kappa shape index (κ2) is 5.00. The van der Waals surface area contributed by atoms with Crippen LogP contribution in [0.1, 0.15) is 22.3 Å². The van der Waals surface area contributed by atoms with E-state index in [1.165, 1.54) is 0 Å². The van der Waals surface area contributed by atoms with Crippen LogP contribution in [-0.2, 0) is 0 Å². The van der Waals surface area contributed by atoms with Gasteiger partial charge in [-0.15, -0.1) is 11.3 Å². The smallest absolute Gasteiger partial charge is 0.231 e. The molecule has 0 saturated heterocycles. The van der Waals surface area contributed by atoms with E-state index < -0.39 is 0 Å². The highest BCUT2D eigenvalue weighted by Gasteiger charge is 2.23. The molecule has 1 aromatic heterocycles. The van der Waals surface area contributed by atoms with Crippen molar-refractivity contribution in [3.05, 3.63) is 38.8 Å². The van der Waals surface area contributed by atoms with Gasteiger partial charge in [0.05, 0.1) is 11.1 Å². The van der Waals surface area contributed by atoms with Crippen LogP contribution in [-0.4, -0.2) is 18.8 Å². The maximum Gasteiger partial charge on any atom is 0.231 e. The van der Waals surface area contributed by atoms with E-state index in [1.807, 2.05) is 31.5 Å². The Balaban J connectivity index is 2.02. The van der Waals surface area contributed by atoms with Gasteiger partial charge in [0.25, 0.3) is 0 Å². The first-order chi connectivity index (χ1) is 9.19. The summed E-state index contributed by atoms with van der Waals surface area (Å²) in [6, 6.07) is 3.85. The number of nitrogens with zero attached hydrogens (tertiary/aromatic N) is 1. The van der Waals surface area contributed by atoms with Gasteiger partial charge in [-0.05, 0) is 31.7 Å². The van der Waals surface area contributed by atoms with Crippen molar-refractivity contribution < 1.29 is 9.47 Å². The Morgan fingerprint density at radius 3 is 2.95 bits per heavy atom. The fourth-order valence-electron chi connectivity index (χ4n) is 2.09. The van der Waals surface area contributed by atoms with Crippen LogP contribution < -0.4 is 14.8 Å². The molecule has 1 unspecified atom stereocenters. The summed E-state index contributed by atoms with van der Waals surface area (Å²) in [5, 5.41) is 6.87. The quantitative estimate of drug-likeness (QED) is 0.945. The number of nitrogens with one attached hydrogen (secondary N) is 1. The summed E-state index contributed by atoms with van der Waals surface area (Å²) in [6.07, 6.45) is 0. The SMILES string of the molecule is CNC(c1cc(Cl)c2c(c1)OCO2)c1nc(C)cs1. The first-order valence-electron chi connectivity index (χ1n) is 5.87. The van der Waals surface area contributed by atoms with E-state index in [4.69, 9.17) is 21.1 Å². The largest absolute Gasteiger partial charge is 0.454 e. The van der Waals surface area contributed by atoms with Gasteiger partial charge in [0.1, 0.15) is 5.01 Å². The van der Waals surface area contributed by atoms with Crippen LogP contribution >= 0.6 is 22.9 Å². The van der Waals surface area contributed by atoms with Crippen molar-refractivity contribution in [2.45, 2.75) is 13.0 Å². The second-order valence-corrected chi connectivity index (χ2v) is 5.58. The number of ether oxygens (including phenoxy) is 2. The Hall–Kier alpha value is -1.30. The van der Waals surface area contributed by atoms with Crippen molar-refractivity contribution in [3.8, 4) is 11.5 Å². The first-order valence-corrected chi connectivity index (χ1v) is 7.13. The minimum absolute atomic E-state index is 0.00528. The molecule has 1 aromatic carbocycles. The summed E-state index contributed by atoms with van der Waals surface area (Å²) in [4.78, 5) is 4.52. The van der Waals surface area contributed by atoms with E-state index in [2.05, 4.69) is 10.3 Å². The van der Waals surface area contributed by atoms with E-state index in [1.54, 1.807) is 11.3 Å². The first kappa shape index (κ1) is 12.7. The van der Waals surface area contributed by atoms with E-state index in [0.717, 1.165) is 16.3 Å². The minimum Gasteiger partial charge on any atom is -0.454 e. The number of thiazole rings is 1. The van der Waals surface area contributed by atoms with Gasteiger partial charge in [-0.25, -0.2) is 4.98 Å². The van der Waals surface area contributed by atoms with Crippen molar-refractivity contribution in [2.75, 3.05) is 13.8 Å². The zero-order valence-electron chi connectivity index (χ0n) is 10.6. The molecular weight excluding hydrogens is 284 g/mol. The Labute approximate surface area is 120 Å². The highest BCUT2D eigenvalue weighted by molar-refractivity contribution is 7.09. The summed E-state index contributed by atoms with van der Waals surface area (Å²) in [5.74, 6) is 1.31. The van der Waals surface area contributed by atoms with Crippen LogP contribution in [0.3, 0.4) is 0 Å². The van der Waals surface area contributed by atoms with Crippen LogP contribution in [0, 0.1) is 6.92 Å². The topological polar surface area (TPSA) is 43.4 Å². The molecule has 100 valence electrons. The van der Waals surface area contributed by atoms with E-state index in [0.29, 0.717) is 16.5 Å². The van der Waals surface area contributed by atoms with Gasteiger partial charge in [-0.2, -0.15) is 0 Å². The number of hydrogen-bond acceptors (Lipinski definition) is 5. The highest BCUT2D eigenvalue weighted by Crippen LogP contribution is 2.42. The average molecular weight is 297 g/mol. The monoisotopic (exact) mass is 296 g/mol. The molecular formula is C13H13ClN2O2S. The Morgan fingerprint density at radius 1 is 1.42 bits per heavy atom. The van der Waals surface area contributed by atoms with Crippen molar-refractivity contribution >= 4 is 22.9 Å². The van der Waals surface area contributed by atoms with Crippen molar-refractivity contribution in [1.82, 2.24) is 10.3 Å². The zero-order chi connectivity index (χ0) is 13.4. The number of benzene rings is 1. The normalized spacial score (nSPS) is 14.7. The fraction of sp³-hybridized carbons (Fsp3) is 0.308. The summed E-state index contributed by atoms with van der Waals surface area (Å²) in [5.41, 5.74) is 2.04. The third-order valence-corrected chi connectivity index (χ3v) is 4.26. The lowest BCUT2D eigenvalue weighted by Gasteiger charge is -2.15. The molecule has 6 heteroatoms. The molecule has 0 spiro atoms.